The first kappa shape index (κ1) is 15.6. The Balaban J connectivity index is 1.61. The topological polar surface area (TPSA) is 85.5 Å². The molecule has 2 aromatic heterocycles. The summed E-state index contributed by atoms with van der Waals surface area (Å²) in [5.74, 6) is 2.36. The Morgan fingerprint density at radius 2 is 2.04 bits per heavy atom. The zero-order valence-corrected chi connectivity index (χ0v) is 13.9. The molecule has 0 bridgehead atoms. The minimum absolute atomic E-state index is 0.0170. The van der Waals surface area contributed by atoms with Gasteiger partial charge >= 0.3 is 0 Å². The van der Waals surface area contributed by atoms with Crippen molar-refractivity contribution < 1.29 is 14.6 Å². The highest BCUT2D eigenvalue weighted by Crippen LogP contribution is 2.31. The third-order valence-corrected chi connectivity index (χ3v) is 4.11. The molecule has 0 aliphatic carbocycles. The van der Waals surface area contributed by atoms with Crippen molar-refractivity contribution in [2.45, 2.75) is 13.1 Å². The van der Waals surface area contributed by atoms with Crippen molar-refractivity contribution in [1.82, 2.24) is 19.7 Å². The predicted octanol–water partition coefficient (Wildman–Crippen LogP) is 1.23. The number of rotatable bonds is 5. The van der Waals surface area contributed by atoms with Crippen molar-refractivity contribution in [3.63, 3.8) is 0 Å². The molecule has 4 rings (SSSR count). The summed E-state index contributed by atoms with van der Waals surface area (Å²) in [6, 6.07) is 5.96. The Labute approximate surface area is 144 Å². The molecule has 0 fully saturated rings. The van der Waals surface area contributed by atoms with Crippen LogP contribution in [0.2, 0.25) is 0 Å². The van der Waals surface area contributed by atoms with Crippen LogP contribution in [0.5, 0.6) is 11.5 Å². The van der Waals surface area contributed by atoms with Gasteiger partial charge in [0.15, 0.2) is 17.1 Å². The Hall–Kier alpha value is -2.87. The molecule has 0 saturated heterocycles. The van der Waals surface area contributed by atoms with E-state index in [0.717, 1.165) is 28.3 Å². The summed E-state index contributed by atoms with van der Waals surface area (Å²) in [5, 5.41) is 14.3. The fraction of sp³-hybridized carbons (Fsp3) is 0.353. The number of fused-ring (bicyclic) bond motifs is 2. The molecule has 8 heteroatoms. The van der Waals surface area contributed by atoms with Crippen LogP contribution in [-0.4, -0.2) is 51.7 Å². The summed E-state index contributed by atoms with van der Waals surface area (Å²) >= 11 is 0. The van der Waals surface area contributed by atoms with Gasteiger partial charge in [0.2, 0.25) is 0 Å². The van der Waals surface area contributed by atoms with Gasteiger partial charge in [-0.2, -0.15) is 5.10 Å². The van der Waals surface area contributed by atoms with Crippen molar-refractivity contribution in [3.05, 3.63) is 36.3 Å². The van der Waals surface area contributed by atoms with Gasteiger partial charge in [-0.05, 0) is 17.7 Å². The van der Waals surface area contributed by atoms with Crippen LogP contribution in [0, 0.1) is 0 Å². The maximum absolute atomic E-state index is 9.13. The summed E-state index contributed by atoms with van der Waals surface area (Å²) in [5.41, 5.74) is 1.81. The van der Waals surface area contributed by atoms with E-state index >= 15 is 0 Å². The van der Waals surface area contributed by atoms with Gasteiger partial charge in [-0.1, -0.05) is 6.07 Å². The predicted molar refractivity (Wildman–Crippen MR) is 91.9 cm³/mol. The molecule has 25 heavy (non-hydrogen) atoms. The SMILES string of the molecule is CN(Cc1ccc2c(c1)OCCO2)c1ncnc2c1cnn2CCO. The van der Waals surface area contributed by atoms with Gasteiger partial charge in [0, 0.05) is 13.6 Å². The van der Waals surface area contributed by atoms with E-state index in [2.05, 4.69) is 15.1 Å². The monoisotopic (exact) mass is 341 g/mol. The maximum atomic E-state index is 9.13. The van der Waals surface area contributed by atoms with Crippen molar-refractivity contribution >= 4 is 16.9 Å². The highest BCUT2D eigenvalue weighted by Gasteiger charge is 2.15. The second-order valence-corrected chi connectivity index (χ2v) is 5.86. The van der Waals surface area contributed by atoms with Crippen LogP contribution >= 0.6 is 0 Å². The fourth-order valence-electron chi connectivity index (χ4n) is 2.98. The Morgan fingerprint density at radius 1 is 1.20 bits per heavy atom. The molecule has 0 atom stereocenters. The van der Waals surface area contributed by atoms with Crippen molar-refractivity contribution in [1.29, 1.82) is 0 Å². The van der Waals surface area contributed by atoms with E-state index in [0.29, 0.717) is 32.0 Å². The number of nitrogens with zero attached hydrogens (tertiary/aromatic N) is 5. The van der Waals surface area contributed by atoms with Crippen LogP contribution in [0.3, 0.4) is 0 Å². The minimum atomic E-state index is 0.0170. The van der Waals surface area contributed by atoms with Crippen LogP contribution in [0.15, 0.2) is 30.7 Å². The maximum Gasteiger partial charge on any atom is 0.163 e. The number of benzene rings is 1. The molecule has 8 nitrogen and oxygen atoms in total. The molecule has 0 unspecified atom stereocenters. The molecular weight excluding hydrogens is 322 g/mol. The lowest BCUT2D eigenvalue weighted by molar-refractivity contribution is 0.171. The Kier molecular flexibility index (Phi) is 4.10. The molecule has 1 aromatic carbocycles. The van der Waals surface area contributed by atoms with E-state index in [1.807, 2.05) is 30.1 Å². The second-order valence-electron chi connectivity index (χ2n) is 5.86. The third-order valence-electron chi connectivity index (χ3n) is 4.11. The van der Waals surface area contributed by atoms with Crippen LogP contribution in [0.25, 0.3) is 11.0 Å². The Morgan fingerprint density at radius 3 is 2.88 bits per heavy atom. The Bertz CT molecular complexity index is 895. The quantitative estimate of drug-likeness (QED) is 0.747. The van der Waals surface area contributed by atoms with Crippen molar-refractivity contribution in [3.8, 4) is 11.5 Å². The average molecular weight is 341 g/mol. The largest absolute Gasteiger partial charge is 0.486 e. The number of hydrogen-bond donors (Lipinski definition) is 1. The summed E-state index contributed by atoms with van der Waals surface area (Å²) in [6.45, 7) is 2.24. The van der Waals surface area contributed by atoms with Crippen LogP contribution in [0.1, 0.15) is 5.56 Å². The number of aliphatic hydroxyl groups is 1. The normalized spacial score (nSPS) is 13.2. The minimum Gasteiger partial charge on any atom is -0.486 e. The number of ether oxygens (including phenoxy) is 2. The van der Waals surface area contributed by atoms with Gasteiger partial charge in [0.25, 0.3) is 0 Å². The number of anilines is 1. The van der Waals surface area contributed by atoms with E-state index in [1.54, 1.807) is 10.9 Å². The van der Waals surface area contributed by atoms with Crippen LogP contribution in [-0.2, 0) is 13.1 Å². The standard InChI is InChI=1S/C17H19N5O3/c1-21(10-12-2-3-14-15(8-12)25-7-6-24-14)16-13-9-20-22(4-5-23)17(13)19-11-18-16/h2-3,8-9,11,23H,4-7,10H2,1H3. The molecule has 130 valence electrons. The molecule has 1 N–H and O–H groups in total. The van der Waals surface area contributed by atoms with Gasteiger partial charge < -0.3 is 19.5 Å². The summed E-state index contributed by atoms with van der Waals surface area (Å²) in [7, 11) is 1.97. The molecule has 1 aliphatic heterocycles. The van der Waals surface area contributed by atoms with E-state index < -0.39 is 0 Å². The summed E-state index contributed by atoms with van der Waals surface area (Å²) < 4.78 is 12.9. The summed E-state index contributed by atoms with van der Waals surface area (Å²) in [6.07, 6.45) is 3.26. The first-order chi connectivity index (χ1) is 12.3. The van der Waals surface area contributed by atoms with E-state index in [-0.39, 0.29) is 6.61 Å². The summed E-state index contributed by atoms with van der Waals surface area (Å²) in [4.78, 5) is 10.7. The zero-order chi connectivity index (χ0) is 17.2. The first-order valence-electron chi connectivity index (χ1n) is 8.13. The molecule has 1 aliphatic rings. The lowest BCUT2D eigenvalue weighted by atomic mass is 10.2. The van der Waals surface area contributed by atoms with E-state index in [4.69, 9.17) is 14.6 Å². The molecule has 0 saturated carbocycles. The molecular formula is C17H19N5O3. The molecule has 3 heterocycles. The van der Waals surface area contributed by atoms with Crippen molar-refractivity contribution in [2.75, 3.05) is 31.8 Å². The highest BCUT2D eigenvalue weighted by molar-refractivity contribution is 5.86. The van der Waals surface area contributed by atoms with Gasteiger partial charge in [-0.3, -0.25) is 0 Å². The van der Waals surface area contributed by atoms with Crippen LogP contribution < -0.4 is 14.4 Å². The van der Waals surface area contributed by atoms with Crippen molar-refractivity contribution in [2.24, 2.45) is 0 Å². The molecule has 0 radical (unpaired) electrons. The van der Waals surface area contributed by atoms with E-state index in [1.165, 1.54) is 6.33 Å². The van der Waals surface area contributed by atoms with Gasteiger partial charge in [0.1, 0.15) is 25.4 Å². The second kappa shape index (κ2) is 6.56. The van der Waals surface area contributed by atoms with E-state index in [9.17, 15) is 0 Å². The number of aliphatic hydroxyl groups excluding tert-OH is 1. The fourth-order valence-corrected chi connectivity index (χ4v) is 2.98. The lowest BCUT2D eigenvalue weighted by Gasteiger charge is -2.22. The molecule has 3 aromatic rings. The average Bonchev–Trinajstić information content (AvgIpc) is 3.05. The third kappa shape index (κ3) is 2.96. The van der Waals surface area contributed by atoms with Gasteiger partial charge in [-0.25, -0.2) is 14.6 Å². The molecule has 0 amide bonds. The van der Waals surface area contributed by atoms with Gasteiger partial charge in [-0.15, -0.1) is 0 Å². The molecule has 0 spiro atoms. The first-order valence-corrected chi connectivity index (χ1v) is 8.13. The van der Waals surface area contributed by atoms with Gasteiger partial charge in [0.05, 0.1) is 24.7 Å². The van der Waals surface area contributed by atoms with Crippen LogP contribution in [0.4, 0.5) is 5.82 Å². The highest BCUT2D eigenvalue weighted by atomic mass is 16.6. The number of aromatic nitrogens is 4. The zero-order valence-electron chi connectivity index (χ0n) is 13.9. The lowest BCUT2D eigenvalue weighted by Crippen LogP contribution is -2.19. The number of hydrogen-bond acceptors (Lipinski definition) is 7. The smallest absolute Gasteiger partial charge is 0.163 e.